The van der Waals surface area contributed by atoms with Gasteiger partial charge in [-0.1, -0.05) is 67.6 Å². The van der Waals surface area contributed by atoms with E-state index in [2.05, 4.69) is 20.8 Å². The molecule has 0 aliphatic carbocycles. The van der Waals surface area contributed by atoms with Crippen LogP contribution in [0.3, 0.4) is 0 Å². The maximum Gasteiger partial charge on any atom is 0.410 e. The Morgan fingerprint density at radius 2 is 1.55 bits per heavy atom. The van der Waals surface area contributed by atoms with Crippen molar-refractivity contribution in [3.8, 4) is 0 Å². The number of carboxylic acids is 1. The number of carboxylic acid groups (broad SMARTS) is 1. The van der Waals surface area contributed by atoms with E-state index in [0.717, 1.165) is 11.6 Å². The second-order valence-corrected chi connectivity index (χ2v) is 15.2. The quantitative estimate of drug-likeness (QED) is 0.117. The number of fused-ring (bicyclic) bond motifs is 1. The molecule has 6 rings (SSSR count). The van der Waals surface area contributed by atoms with Crippen molar-refractivity contribution in [1.82, 2.24) is 25.0 Å². The number of halogens is 1. The number of nitrogens with one attached hydrogen (secondary N) is 2. The number of amides is 3. The third-order valence-electron chi connectivity index (χ3n) is 9.82. The first-order valence-electron chi connectivity index (χ1n) is 18.8. The van der Waals surface area contributed by atoms with Gasteiger partial charge in [-0.3, -0.25) is 9.59 Å². The van der Waals surface area contributed by atoms with Crippen molar-refractivity contribution in [2.75, 3.05) is 36.4 Å². The van der Waals surface area contributed by atoms with Crippen molar-refractivity contribution in [3.05, 3.63) is 116 Å². The topological polar surface area (TPSA) is 185 Å². The van der Waals surface area contributed by atoms with Crippen LogP contribution in [0.5, 0.6) is 0 Å². The Morgan fingerprint density at radius 1 is 0.897 bits per heavy atom. The van der Waals surface area contributed by atoms with Gasteiger partial charge in [0, 0.05) is 50.0 Å². The minimum Gasteiger partial charge on any atom is -0.477 e. The van der Waals surface area contributed by atoms with Gasteiger partial charge in [0.25, 0.3) is 0 Å². The number of alkyl carbamates (subject to hydrolysis) is 1. The zero-order chi connectivity index (χ0) is 41.5. The number of rotatable bonds is 13. The number of nitrogens with zero attached hydrogens (tertiary/aromatic N) is 5. The molecule has 3 aromatic carbocycles. The van der Waals surface area contributed by atoms with Gasteiger partial charge in [-0.15, -0.1) is 10.2 Å². The normalized spacial score (nSPS) is 13.9. The van der Waals surface area contributed by atoms with Crippen molar-refractivity contribution < 1.29 is 38.1 Å². The third-order valence-corrected chi connectivity index (χ3v) is 11.0. The average Bonchev–Trinajstić information content (AvgIpc) is 3.71. The van der Waals surface area contributed by atoms with E-state index in [1.165, 1.54) is 22.4 Å². The molecule has 1 unspecified atom stereocenters. The van der Waals surface area contributed by atoms with E-state index in [1.807, 2.05) is 44.2 Å². The van der Waals surface area contributed by atoms with Gasteiger partial charge >= 0.3 is 18.2 Å². The molecule has 0 bridgehead atoms. The van der Waals surface area contributed by atoms with Crippen LogP contribution in [0.4, 0.5) is 25.4 Å². The van der Waals surface area contributed by atoms with Gasteiger partial charge in [-0.05, 0) is 55.2 Å². The lowest BCUT2D eigenvalue weighted by Crippen LogP contribution is -2.49. The molecule has 304 valence electrons. The van der Waals surface area contributed by atoms with Crippen LogP contribution in [-0.2, 0) is 34.0 Å². The Hall–Kier alpha value is -6.36. The van der Waals surface area contributed by atoms with Gasteiger partial charge in [0.2, 0.25) is 11.3 Å². The Balaban J connectivity index is 0.975. The summed E-state index contributed by atoms with van der Waals surface area (Å²) >= 11 is 1.25. The lowest BCUT2D eigenvalue weighted by Gasteiger charge is -2.35. The first kappa shape index (κ1) is 41.3. The molecule has 2 aromatic heterocycles. The molecule has 17 heteroatoms. The molecule has 1 aliphatic rings. The molecule has 2 atom stereocenters. The van der Waals surface area contributed by atoms with Crippen LogP contribution in [-0.4, -0.2) is 75.0 Å². The predicted octanol–water partition coefficient (Wildman–Crippen LogP) is 6.53. The number of piperazine rings is 1. The molecule has 0 saturated carbocycles. The number of pyridine rings is 1. The maximum atomic E-state index is 15.3. The number of carbonyl (C=O) groups is 4. The van der Waals surface area contributed by atoms with E-state index in [0.29, 0.717) is 46.4 Å². The standard InChI is InChI=1S/C41H44FN7O8S/c1-5-47-21-30(39(52)53)35(50)29-19-31(42)33(20-32(29)47)48-15-17-49(18-16-48)41(55)57-23-27-11-13-28(14-12-27)43-36(51)25(4)37-45-46-38(58-37)34(24(2)3)44-40(54)56-22-26-9-7-6-8-10-26/h6-14,19-21,24-25,34H,5,15-18,22-23H2,1-4H3,(H,43,51)(H,44,54)(H,52,53)/t25-,34?/m1/s1. The summed E-state index contributed by atoms with van der Waals surface area (Å²) < 4.78 is 27.8. The molecule has 0 spiro atoms. The zero-order valence-corrected chi connectivity index (χ0v) is 33.3. The summed E-state index contributed by atoms with van der Waals surface area (Å²) in [5, 5.41) is 24.7. The average molecular weight is 814 g/mol. The fourth-order valence-corrected chi connectivity index (χ4v) is 7.54. The molecular weight excluding hydrogens is 770 g/mol. The summed E-state index contributed by atoms with van der Waals surface area (Å²) in [6, 6.07) is 18.4. The van der Waals surface area contributed by atoms with E-state index in [1.54, 1.807) is 53.6 Å². The number of benzene rings is 3. The maximum absolute atomic E-state index is 15.3. The molecule has 1 aliphatic heterocycles. The van der Waals surface area contributed by atoms with Crippen LogP contribution in [0.2, 0.25) is 0 Å². The van der Waals surface area contributed by atoms with Crippen LogP contribution in [0.15, 0.2) is 77.7 Å². The Kier molecular flexibility index (Phi) is 13.0. The van der Waals surface area contributed by atoms with E-state index in [9.17, 15) is 29.1 Å². The predicted molar refractivity (Wildman–Crippen MR) is 216 cm³/mol. The summed E-state index contributed by atoms with van der Waals surface area (Å²) in [4.78, 5) is 66.3. The van der Waals surface area contributed by atoms with E-state index in [-0.39, 0.29) is 49.2 Å². The number of carbonyl (C=O) groups excluding carboxylic acids is 3. The number of aromatic nitrogens is 3. The van der Waals surface area contributed by atoms with Gasteiger partial charge in [-0.25, -0.2) is 18.8 Å². The molecule has 15 nitrogen and oxygen atoms in total. The number of hydrogen-bond donors (Lipinski definition) is 3. The highest BCUT2D eigenvalue weighted by Crippen LogP contribution is 2.30. The SMILES string of the molecule is CCn1cc(C(=O)O)c(=O)c2cc(F)c(N3CCN(C(=O)OCc4ccc(NC(=O)[C@@H](C)c5nnc(C(NC(=O)OCc6ccccc6)C(C)C)s5)cc4)CC3)cc21. The highest BCUT2D eigenvalue weighted by molar-refractivity contribution is 7.11. The number of aryl methyl sites for hydroxylation is 1. The van der Waals surface area contributed by atoms with Crippen molar-refractivity contribution in [2.24, 2.45) is 5.92 Å². The lowest BCUT2D eigenvalue weighted by molar-refractivity contribution is -0.117. The molecule has 3 N–H and O–H groups in total. The highest BCUT2D eigenvalue weighted by atomic mass is 32.1. The van der Waals surface area contributed by atoms with Crippen molar-refractivity contribution in [2.45, 2.75) is 59.4 Å². The number of anilines is 2. The van der Waals surface area contributed by atoms with E-state index >= 15 is 4.39 Å². The zero-order valence-electron chi connectivity index (χ0n) is 32.4. The Labute approximate surface area is 337 Å². The molecule has 0 radical (unpaired) electrons. The summed E-state index contributed by atoms with van der Waals surface area (Å²) in [6.45, 7) is 9.07. The van der Waals surface area contributed by atoms with Crippen molar-refractivity contribution in [3.63, 3.8) is 0 Å². The van der Waals surface area contributed by atoms with Crippen LogP contribution >= 0.6 is 11.3 Å². The number of ether oxygens (including phenoxy) is 2. The third kappa shape index (κ3) is 9.59. The van der Waals surface area contributed by atoms with E-state index in [4.69, 9.17) is 9.47 Å². The van der Waals surface area contributed by atoms with Crippen LogP contribution < -0.4 is 21.0 Å². The second-order valence-electron chi connectivity index (χ2n) is 14.1. The fraction of sp³-hybridized carbons (Fsp3) is 0.341. The molecule has 1 saturated heterocycles. The monoisotopic (exact) mass is 813 g/mol. The molecule has 1 fully saturated rings. The minimum absolute atomic E-state index is 0.00568. The fourth-order valence-electron chi connectivity index (χ4n) is 6.42. The highest BCUT2D eigenvalue weighted by Gasteiger charge is 2.28. The largest absolute Gasteiger partial charge is 0.477 e. The molecule has 5 aromatic rings. The molecule has 3 amide bonds. The van der Waals surface area contributed by atoms with Gasteiger partial charge in [0.1, 0.15) is 34.6 Å². The van der Waals surface area contributed by atoms with Crippen LogP contribution in [0.1, 0.15) is 71.2 Å². The van der Waals surface area contributed by atoms with Crippen LogP contribution in [0.25, 0.3) is 10.9 Å². The molecular formula is C41H44FN7O8S. The van der Waals surface area contributed by atoms with Crippen molar-refractivity contribution in [1.29, 1.82) is 0 Å². The smallest absolute Gasteiger partial charge is 0.410 e. The summed E-state index contributed by atoms with van der Waals surface area (Å²) in [5.41, 5.74) is 1.62. The summed E-state index contributed by atoms with van der Waals surface area (Å²) in [5.74, 6) is -2.98. The Bertz CT molecular complexity index is 2340. The molecule has 58 heavy (non-hydrogen) atoms. The first-order chi connectivity index (χ1) is 27.8. The first-order valence-corrected chi connectivity index (χ1v) is 19.6. The number of aromatic carboxylic acids is 1. The van der Waals surface area contributed by atoms with E-state index < -0.39 is 46.9 Å². The summed E-state index contributed by atoms with van der Waals surface area (Å²) in [7, 11) is 0. The summed E-state index contributed by atoms with van der Waals surface area (Å²) in [6.07, 6.45) is 0.162. The number of hydrogen-bond acceptors (Lipinski definition) is 11. The minimum atomic E-state index is -1.37. The second kappa shape index (κ2) is 18.3. The van der Waals surface area contributed by atoms with Gasteiger partial charge in [0.05, 0.1) is 23.2 Å². The van der Waals surface area contributed by atoms with Gasteiger partial charge in [-0.2, -0.15) is 0 Å². The lowest BCUT2D eigenvalue weighted by atomic mass is 10.1. The van der Waals surface area contributed by atoms with Crippen LogP contribution in [0, 0.1) is 11.7 Å². The molecule has 3 heterocycles. The van der Waals surface area contributed by atoms with Gasteiger partial charge < -0.3 is 39.6 Å². The Morgan fingerprint density at radius 3 is 2.21 bits per heavy atom. The van der Waals surface area contributed by atoms with Crippen molar-refractivity contribution >= 4 is 57.7 Å². The van der Waals surface area contributed by atoms with Gasteiger partial charge in [0.15, 0.2) is 0 Å².